The number of carbonyl (C=O) groups excluding carboxylic acids is 3. The molecule has 0 spiro atoms. The van der Waals surface area contributed by atoms with Crippen molar-refractivity contribution in [2.24, 2.45) is 0 Å². The molecule has 2 N–H and O–H groups in total. The predicted octanol–water partition coefficient (Wildman–Crippen LogP) is 4.72. The number of hydrogen-bond acceptors (Lipinski definition) is 8. The first-order chi connectivity index (χ1) is 21.7. The lowest BCUT2D eigenvalue weighted by Crippen LogP contribution is -2.48. The number of carbonyl (C=O) groups is 3. The van der Waals surface area contributed by atoms with Crippen LogP contribution in [0, 0.1) is 10.1 Å². The van der Waals surface area contributed by atoms with E-state index in [-0.39, 0.29) is 24.0 Å². The minimum atomic E-state index is -0.662. The van der Waals surface area contributed by atoms with E-state index in [0.29, 0.717) is 50.0 Å². The predicted molar refractivity (Wildman–Crippen MR) is 171 cm³/mol. The number of likely N-dealkylation sites (N-methyl/N-ethyl adjacent to an activating group) is 1. The first kappa shape index (κ1) is 33.4. The Morgan fingerprint density at radius 2 is 1.73 bits per heavy atom. The van der Waals surface area contributed by atoms with Crippen LogP contribution in [0.3, 0.4) is 0 Å². The molecule has 2 aromatic carbocycles. The normalized spacial score (nSPS) is 18.2. The van der Waals surface area contributed by atoms with Crippen molar-refractivity contribution in [3.05, 3.63) is 98.6 Å². The van der Waals surface area contributed by atoms with Crippen LogP contribution in [0.15, 0.2) is 77.4 Å². The number of nitro benzene ring substituents is 1. The van der Waals surface area contributed by atoms with E-state index in [1.165, 1.54) is 24.1 Å². The van der Waals surface area contributed by atoms with Gasteiger partial charge in [-0.05, 0) is 62.9 Å². The Bertz CT molecular complexity index is 1450. The maximum absolute atomic E-state index is 13.4. The lowest BCUT2D eigenvalue weighted by atomic mass is 9.72. The Hall–Kier alpha value is -4.51. The molecule has 1 saturated heterocycles. The van der Waals surface area contributed by atoms with Crippen molar-refractivity contribution in [1.82, 2.24) is 20.4 Å². The molecule has 2 aliphatic heterocycles. The fourth-order valence-electron chi connectivity index (χ4n) is 6.48. The van der Waals surface area contributed by atoms with Gasteiger partial charge in [-0.1, -0.05) is 56.3 Å². The van der Waals surface area contributed by atoms with Gasteiger partial charge in [0.2, 0.25) is 12.3 Å². The van der Waals surface area contributed by atoms with Gasteiger partial charge in [-0.3, -0.25) is 24.5 Å². The summed E-state index contributed by atoms with van der Waals surface area (Å²) in [5.74, 6) is -0.859. The molecule has 0 aliphatic carbocycles. The largest absolute Gasteiger partial charge is 0.468 e. The summed E-state index contributed by atoms with van der Waals surface area (Å²) in [5.41, 5.74) is 4.03. The number of piperidine rings is 1. The monoisotopic (exact) mass is 617 g/mol. The molecule has 2 heterocycles. The molecule has 11 heteroatoms. The summed E-state index contributed by atoms with van der Waals surface area (Å²) in [7, 11) is 3.10. The molecule has 0 saturated carbocycles. The highest BCUT2D eigenvalue weighted by Crippen LogP contribution is 2.40. The van der Waals surface area contributed by atoms with Gasteiger partial charge < -0.3 is 25.2 Å². The molecule has 2 aromatic rings. The number of methoxy groups -OCH3 is 1. The Balaban J connectivity index is 1.46. The number of dihydropyridines is 1. The summed E-state index contributed by atoms with van der Waals surface area (Å²) in [5, 5.41) is 17.9. The lowest BCUT2D eigenvalue weighted by Gasteiger charge is -2.40. The van der Waals surface area contributed by atoms with Crippen LogP contribution >= 0.6 is 0 Å². The van der Waals surface area contributed by atoms with E-state index in [9.17, 15) is 24.5 Å². The standard InChI is InChI=1S/C34H43N5O6/c1-5-27-31(30(24-14-16-26(17-15-24)39(43)44)32(37(3)23-40)28(6-2)35-27)36-29(41)13-10-20-38-21-18-34(19-22-38,33(42)45-4)25-11-8-7-9-12-25/h7-9,11-12,14-17,23,30,35H,5-6,10,13,18-22H2,1-4H3,(H,36,41). The van der Waals surface area contributed by atoms with Gasteiger partial charge in [-0.25, -0.2) is 0 Å². The first-order valence-corrected chi connectivity index (χ1v) is 15.5. The Kier molecular flexibility index (Phi) is 11.1. The van der Waals surface area contributed by atoms with Gasteiger partial charge >= 0.3 is 5.97 Å². The minimum absolute atomic E-state index is 0.0340. The van der Waals surface area contributed by atoms with Crippen molar-refractivity contribution in [1.29, 1.82) is 0 Å². The fourth-order valence-corrected chi connectivity index (χ4v) is 6.48. The number of esters is 1. The van der Waals surface area contributed by atoms with Gasteiger partial charge in [0.15, 0.2) is 0 Å². The van der Waals surface area contributed by atoms with Crippen molar-refractivity contribution < 1.29 is 24.0 Å². The van der Waals surface area contributed by atoms with Crippen LogP contribution in [0.2, 0.25) is 0 Å². The van der Waals surface area contributed by atoms with Crippen molar-refractivity contribution in [2.75, 3.05) is 33.8 Å². The molecule has 11 nitrogen and oxygen atoms in total. The lowest BCUT2D eigenvalue weighted by molar-refractivity contribution is -0.384. The molecular weight excluding hydrogens is 574 g/mol. The molecule has 1 unspecified atom stereocenters. The molecule has 0 bridgehead atoms. The average Bonchev–Trinajstić information content (AvgIpc) is 3.07. The third-order valence-corrected chi connectivity index (χ3v) is 8.95. The fraction of sp³-hybridized carbons (Fsp3) is 0.441. The Labute approximate surface area is 264 Å². The van der Waals surface area contributed by atoms with Crippen molar-refractivity contribution >= 4 is 24.0 Å². The number of hydrogen-bond donors (Lipinski definition) is 2. The van der Waals surface area contributed by atoms with Gasteiger partial charge in [0.1, 0.15) is 0 Å². The third-order valence-electron chi connectivity index (χ3n) is 8.95. The van der Waals surface area contributed by atoms with Crippen LogP contribution in [0.4, 0.5) is 5.69 Å². The van der Waals surface area contributed by atoms with Gasteiger partial charge in [0.05, 0.1) is 34.8 Å². The number of non-ortho nitro benzene ring substituents is 1. The molecule has 240 valence electrons. The Morgan fingerprint density at radius 3 is 2.29 bits per heavy atom. The molecule has 2 amide bonds. The molecule has 2 aliphatic rings. The van der Waals surface area contributed by atoms with Gasteiger partial charge in [0.25, 0.3) is 5.69 Å². The maximum atomic E-state index is 13.4. The number of nitro groups is 1. The minimum Gasteiger partial charge on any atom is -0.468 e. The summed E-state index contributed by atoms with van der Waals surface area (Å²) < 4.78 is 5.21. The van der Waals surface area contributed by atoms with Gasteiger partial charge in [-0.15, -0.1) is 0 Å². The summed E-state index contributed by atoms with van der Waals surface area (Å²) in [4.78, 5) is 52.9. The van der Waals surface area contributed by atoms with Crippen LogP contribution in [0.1, 0.15) is 69.4 Å². The van der Waals surface area contributed by atoms with Crippen LogP contribution in [0.5, 0.6) is 0 Å². The van der Waals surface area contributed by atoms with Crippen LogP contribution in [-0.4, -0.2) is 66.8 Å². The molecule has 0 radical (unpaired) electrons. The van der Waals surface area contributed by atoms with E-state index in [1.54, 1.807) is 19.2 Å². The van der Waals surface area contributed by atoms with E-state index in [1.807, 2.05) is 44.2 Å². The zero-order chi connectivity index (χ0) is 32.6. The summed E-state index contributed by atoms with van der Waals surface area (Å²) in [6, 6.07) is 16.0. The number of amides is 2. The van der Waals surface area contributed by atoms with Gasteiger partial charge in [-0.2, -0.15) is 0 Å². The van der Waals surface area contributed by atoms with E-state index in [0.717, 1.165) is 42.0 Å². The summed E-state index contributed by atoms with van der Waals surface area (Å²) in [6.07, 6.45) is 4.16. The number of nitrogens with one attached hydrogen (secondary N) is 2. The van der Waals surface area contributed by atoms with Crippen molar-refractivity contribution in [2.45, 2.75) is 63.7 Å². The maximum Gasteiger partial charge on any atom is 0.316 e. The zero-order valence-corrected chi connectivity index (χ0v) is 26.5. The molecule has 1 atom stereocenters. The molecule has 0 aromatic heterocycles. The quantitative estimate of drug-likeness (QED) is 0.143. The SMILES string of the molecule is CCC1=C(NC(=O)CCCN2CCC(C(=O)OC)(c3ccccc3)CC2)C(c2ccc([N+](=O)[O-])cc2)C(N(C)C=O)=C(CC)N1. The van der Waals surface area contributed by atoms with Crippen molar-refractivity contribution in [3.63, 3.8) is 0 Å². The first-order valence-electron chi connectivity index (χ1n) is 15.5. The number of allylic oxidation sites excluding steroid dienone is 2. The summed E-state index contributed by atoms with van der Waals surface area (Å²) in [6.45, 7) is 6.12. The van der Waals surface area contributed by atoms with Crippen LogP contribution < -0.4 is 10.6 Å². The van der Waals surface area contributed by atoms with E-state index >= 15 is 0 Å². The number of ether oxygens (including phenoxy) is 1. The Morgan fingerprint density at radius 1 is 1.09 bits per heavy atom. The highest BCUT2D eigenvalue weighted by atomic mass is 16.6. The number of benzene rings is 2. The molecule has 45 heavy (non-hydrogen) atoms. The highest BCUT2D eigenvalue weighted by Gasteiger charge is 2.43. The smallest absolute Gasteiger partial charge is 0.316 e. The average molecular weight is 618 g/mol. The molecule has 1 fully saturated rings. The van der Waals surface area contributed by atoms with E-state index in [4.69, 9.17) is 4.74 Å². The van der Waals surface area contributed by atoms with Gasteiger partial charge in [0, 0.05) is 37.0 Å². The second-order valence-electron chi connectivity index (χ2n) is 11.5. The highest BCUT2D eigenvalue weighted by molar-refractivity contribution is 5.83. The topological polar surface area (TPSA) is 134 Å². The van der Waals surface area contributed by atoms with E-state index < -0.39 is 16.3 Å². The third kappa shape index (κ3) is 7.25. The number of nitrogens with zero attached hydrogens (tertiary/aromatic N) is 3. The second-order valence-corrected chi connectivity index (χ2v) is 11.5. The van der Waals surface area contributed by atoms with E-state index in [2.05, 4.69) is 15.5 Å². The molecular formula is C34H43N5O6. The second kappa shape index (κ2) is 15.0. The van der Waals surface area contributed by atoms with Crippen molar-refractivity contribution in [3.8, 4) is 0 Å². The molecule has 4 rings (SSSR count). The number of likely N-dealkylation sites (tertiary alicyclic amines) is 1. The zero-order valence-electron chi connectivity index (χ0n) is 26.5. The van der Waals surface area contributed by atoms with Crippen LogP contribution in [-0.2, 0) is 24.5 Å². The van der Waals surface area contributed by atoms with Crippen LogP contribution in [0.25, 0.3) is 0 Å². The summed E-state index contributed by atoms with van der Waals surface area (Å²) >= 11 is 0. The number of rotatable bonds is 13.